The average molecular weight is 340 g/mol. The van der Waals surface area contributed by atoms with Gasteiger partial charge in [0.1, 0.15) is 0 Å². The molecule has 1 atom stereocenters. The van der Waals surface area contributed by atoms with E-state index in [0.717, 1.165) is 28.1 Å². The van der Waals surface area contributed by atoms with Crippen LogP contribution in [0.5, 0.6) is 0 Å². The van der Waals surface area contributed by atoms with Crippen molar-refractivity contribution in [3.05, 3.63) is 45.3 Å². The molecule has 0 bridgehead atoms. The summed E-state index contributed by atoms with van der Waals surface area (Å²) in [5.74, 6) is 0.804. The van der Waals surface area contributed by atoms with Gasteiger partial charge in [-0.15, -0.1) is 11.3 Å². The fourth-order valence-corrected chi connectivity index (χ4v) is 4.24. The number of halogens is 2. The normalized spacial score (nSPS) is 16.1. The van der Waals surface area contributed by atoms with Crippen LogP contribution in [0.2, 0.25) is 10.0 Å². The summed E-state index contributed by atoms with van der Waals surface area (Å²) >= 11 is 14.2. The second-order valence-electron chi connectivity index (χ2n) is 5.60. The van der Waals surface area contributed by atoms with Crippen molar-refractivity contribution in [2.24, 2.45) is 5.92 Å². The minimum absolute atomic E-state index is 0.502. The third-order valence-electron chi connectivity index (χ3n) is 3.83. The van der Waals surface area contributed by atoms with Crippen LogP contribution < -0.4 is 5.32 Å². The summed E-state index contributed by atoms with van der Waals surface area (Å²) in [5.41, 5.74) is 1.03. The van der Waals surface area contributed by atoms with Crippen LogP contribution in [-0.2, 0) is 0 Å². The SMILES string of the molecule is CCCNC(c1ccc(-c2cc(Cl)ccc2Cl)s1)C1CC1. The molecule has 1 nitrogen and oxygen atoms in total. The van der Waals surface area contributed by atoms with Gasteiger partial charge in [-0.3, -0.25) is 0 Å². The molecule has 2 aromatic rings. The minimum Gasteiger partial charge on any atom is -0.309 e. The van der Waals surface area contributed by atoms with Crippen LogP contribution in [0, 0.1) is 5.92 Å². The molecule has 0 amide bonds. The minimum atomic E-state index is 0.502. The first-order valence-corrected chi connectivity index (χ1v) is 9.05. The van der Waals surface area contributed by atoms with Crippen molar-refractivity contribution in [2.45, 2.75) is 32.2 Å². The molecule has 1 aromatic heterocycles. The number of hydrogen-bond acceptors (Lipinski definition) is 2. The zero-order valence-electron chi connectivity index (χ0n) is 12.0. The number of hydrogen-bond donors (Lipinski definition) is 1. The van der Waals surface area contributed by atoms with Crippen LogP contribution >= 0.6 is 34.5 Å². The molecule has 0 saturated heterocycles. The molecule has 4 heteroatoms. The van der Waals surface area contributed by atoms with Gasteiger partial charge in [0.15, 0.2) is 0 Å². The average Bonchev–Trinajstić information content (AvgIpc) is 3.19. The standard InChI is InChI=1S/C17H19Cl2NS/c1-2-9-20-17(11-3-4-11)16-8-7-15(21-16)13-10-12(18)5-6-14(13)19/h5-8,10-11,17,20H,2-4,9H2,1H3. The maximum absolute atomic E-state index is 6.31. The van der Waals surface area contributed by atoms with Crippen LogP contribution in [0.15, 0.2) is 30.3 Å². The smallest absolute Gasteiger partial charge is 0.0493 e. The second-order valence-corrected chi connectivity index (χ2v) is 7.55. The molecule has 1 heterocycles. The molecule has 1 fully saturated rings. The van der Waals surface area contributed by atoms with E-state index < -0.39 is 0 Å². The topological polar surface area (TPSA) is 12.0 Å². The van der Waals surface area contributed by atoms with Crippen molar-refractivity contribution in [1.29, 1.82) is 0 Å². The monoisotopic (exact) mass is 339 g/mol. The first kappa shape index (κ1) is 15.4. The molecule has 1 aromatic carbocycles. The summed E-state index contributed by atoms with van der Waals surface area (Å²) in [6.45, 7) is 3.29. The molecule has 0 spiro atoms. The number of nitrogens with one attached hydrogen (secondary N) is 1. The maximum atomic E-state index is 6.31. The Bertz CT molecular complexity index is 619. The Balaban J connectivity index is 1.86. The van der Waals surface area contributed by atoms with Crippen LogP contribution in [0.1, 0.15) is 37.1 Å². The highest BCUT2D eigenvalue weighted by molar-refractivity contribution is 7.15. The van der Waals surface area contributed by atoms with Crippen molar-refractivity contribution in [2.75, 3.05) is 6.54 Å². The molecule has 1 saturated carbocycles. The van der Waals surface area contributed by atoms with Gasteiger partial charge in [-0.2, -0.15) is 0 Å². The zero-order chi connectivity index (χ0) is 14.8. The molecule has 21 heavy (non-hydrogen) atoms. The molecule has 1 N–H and O–H groups in total. The Kier molecular flexibility index (Phi) is 4.90. The van der Waals surface area contributed by atoms with E-state index in [9.17, 15) is 0 Å². The van der Waals surface area contributed by atoms with Crippen molar-refractivity contribution in [1.82, 2.24) is 5.32 Å². The fourth-order valence-electron chi connectivity index (χ4n) is 2.58. The van der Waals surface area contributed by atoms with Gasteiger partial charge >= 0.3 is 0 Å². The quantitative estimate of drug-likeness (QED) is 0.663. The molecule has 1 aliphatic rings. The van der Waals surface area contributed by atoms with Gasteiger partial charge in [0, 0.05) is 31.4 Å². The van der Waals surface area contributed by atoms with E-state index in [1.807, 2.05) is 29.5 Å². The van der Waals surface area contributed by atoms with Gasteiger partial charge in [-0.25, -0.2) is 0 Å². The van der Waals surface area contributed by atoms with Crippen LogP contribution in [0.3, 0.4) is 0 Å². The summed E-state index contributed by atoms with van der Waals surface area (Å²) in [6.07, 6.45) is 3.85. The van der Waals surface area contributed by atoms with Gasteiger partial charge in [0.05, 0.1) is 0 Å². The lowest BCUT2D eigenvalue weighted by Gasteiger charge is -2.16. The maximum Gasteiger partial charge on any atom is 0.0493 e. The van der Waals surface area contributed by atoms with Crippen molar-refractivity contribution in [3.8, 4) is 10.4 Å². The highest BCUT2D eigenvalue weighted by Gasteiger charge is 2.32. The predicted molar refractivity (Wildman–Crippen MR) is 93.5 cm³/mol. The molecular formula is C17H19Cl2NS. The Labute approximate surface area is 140 Å². The second kappa shape index (κ2) is 6.70. The lowest BCUT2D eigenvalue weighted by atomic mass is 10.1. The summed E-state index contributed by atoms with van der Waals surface area (Å²) in [6, 6.07) is 10.6. The molecule has 3 rings (SSSR count). The molecular weight excluding hydrogens is 321 g/mol. The summed E-state index contributed by atoms with van der Waals surface area (Å²) in [7, 11) is 0. The summed E-state index contributed by atoms with van der Waals surface area (Å²) in [5, 5.41) is 5.18. The van der Waals surface area contributed by atoms with E-state index in [0.29, 0.717) is 6.04 Å². The first-order valence-electron chi connectivity index (χ1n) is 7.47. The zero-order valence-corrected chi connectivity index (χ0v) is 14.4. The molecule has 1 aliphatic carbocycles. The molecule has 112 valence electrons. The van der Waals surface area contributed by atoms with E-state index in [4.69, 9.17) is 23.2 Å². The number of thiophene rings is 1. The Hall–Kier alpha value is -0.540. The van der Waals surface area contributed by atoms with Crippen molar-refractivity contribution >= 4 is 34.5 Å². The van der Waals surface area contributed by atoms with Gasteiger partial charge in [-0.05, 0) is 62.1 Å². The van der Waals surface area contributed by atoms with Crippen LogP contribution in [0.4, 0.5) is 0 Å². The first-order chi connectivity index (χ1) is 10.2. The summed E-state index contributed by atoms with van der Waals surface area (Å²) in [4.78, 5) is 2.61. The lowest BCUT2D eigenvalue weighted by Crippen LogP contribution is -2.22. The Morgan fingerprint density at radius 3 is 2.76 bits per heavy atom. The van der Waals surface area contributed by atoms with Crippen molar-refractivity contribution < 1.29 is 0 Å². The third-order valence-corrected chi connectivity index (χ3v) is 5.60. The number of rotatable bonds is 6. The van der Waals surface area contributed by atoms with Gasteiger partial charge in [0.25, 0.3) is 0 Å². The largest absolute Gasteiger partial charge is 0.309 e. The van der Waals surface area contributed by atoms with Gasteiger partial charge in [-0.1, -0.05) is 30.1 Å². The van der Waals surface area contributed by atoms with E-state index >= 15 is 0 Å². The van der Waals surface area contributed by atoms with Gasteiger partial charge in [0.2, 0.25) is 0 Å². The van der Waals surface area contributed by atoms with E-state index in [1.165, 1.54) is 29.0 Å². The third kappa shape index (κ3) is 3.62. The summed E-state index contributed by atoms with van der Waals surface area (Å²) < 4.78 is 0. The number of benzene rings is 1. The van der Waals surface area contributed by atoms with Gasteiger partial charge < -0.3 is 5.32 Å². The Morgan fingerprint density at radius 2 is 2.05 bits per heavy atom. The molecule has 0 radical (unpaired) electrons. The molecule has 1 unspecified atom stereocenters. The fraction of sp³-hybridized carbons (Fsp3) is 0.412. The van der Waals surface area contributed by atoms with E-state index in [2.05, 4.69) is 24.4 Å². The lowest BCUT2D eigenvalue weighted by molar-refractivity contribution is 0.488. The highest BCUT2D eigenvalue weighted by atomic mass is 35.5. The highest BCUT2D eigenvalue weighted by Crippen LogP contribution is 2.45. The Morgan fingerprint density at radius 1 is 1.24 bits per heavy atom. The van der Waals surface area contributed by atoms with Crippen LogP contribution in [0.25, 0.3) is 10.4 Å². The van der Waals surface area contributed by atoms with Crippen LogP contribution in [-0.4, -0.2) is 6.54 Å². The van der Waals surface area contributed by atoms with E-state index in [-0.39, 0.29) is 0 Å². The van der Waals surface area contributed by atoms with E-state index in [1.54, 1.807) is 0 Å². The molecule has 0 aliphatic heterocycles. The van der Waals surface area contributed by atoms with Crippen molar-refractivity contribution in [3.63, 3.8) is 0 Å². The predicted octanol–water partition coefficient (Wildman–Crippen LogP) is 6.17.